The molecule has 0 aliphatic rings. The Morgan fingerprint density at radius 3 is 2.43 bits per heavy atom. The number of hydrogen-bond acceptors (Lipinski definition) is 3. The summed E-state index contributed by atoms with van der Waals surface area (Å²) in [7, 11) is 0. The van der Waals surface area contributed by atoms with E-state index in [1.54, 1.807) is 12.1 Å². The highest BCUT2D eigenvalue weighted by atomic mass is 35.5. The Morgan fingerprint density at radius 1 is 1.24 bits per heavy atom. The van der Waals surface area contributed by atoms with E-state index in [0.29, 0.717) is 15.6 Å². The van der Waals surface area contributed by atoms with Crippen LogP contribution in [-0.4, -0.2) is 28.9 Å². The predicted molar refractivity (Wildman–Crippen MR) is 78.2 cm³/mol. The second kappa shape index (κ2) is 7.85. The van der Waals surface area contributed by atoms with Crippen LogP contribution in [-0.2, 0) is 20.8 Å². The number of rotatable bonds is 7. The van der Waals surface area contributed by atoms with Crippen LogP contribution >= 0.6 is 23.2 Å². The predicted octanol–water partition coefficient (Wildman–Crippen LogP) is 1.37. The molecule has 1 atom stereocenters. The normalized spacial score (nSPS) is 11.7. The summed E-state index contributed by atoms with van der Waals surface area (Å²) in [5, 5.41) is 12.0. The molecule has 2 amide bonds. The molecule has 6 nitrogen and oxygen atoms in total. The monoisotopic (exact) mass is 332 g/mol. The summed E-state index contributed by atoms with van der Waals surface area (Å²) in [6, 6.07) is 3.54. The molecule has 0 aliphatic carbocycles. The molecule has 0 heterocycles. The van der Waals surface area contributed by atoms with E-state index in [1.165, 1.54) is 6.07 Å². The molecule has 0 radical (unpaired) electrons. The van der Waals surface area contributed by atoms with Crippen molar-refractivity contribution in [2.24, 2.45) is 5.73 Å². The van der Waals surface area contributed by atoms with Gasteiger partial charge in [-0.25, -0.2) is 4.79 Å². The van der Waals surface area contributed by atoms with Gasteiger partial charge >= 0.3 is 5.97 Å². The summed E-state index contributed by atoms with van der Waals surface area (Å²) in [6.45, 7) is 0. The minimum absolute atomic E-state index is 0.0444. The molecular weight excluding hydrogens is 319 g/mol. The van der Waals surface area contributed by atoms with E-state index in [9.17, 15) is 14.4 Å². The zero-order valence-corrected chi connectivity index (χ0v) is 12.4. The van der Waals surface area contributed by atoms with Gasteiger partial charge in [0.25, 0.3) is 0 Å². The lowest BCUT2D eigenvalue weighted by atomic mass is 10.1. The first-order valence-corrected chi connectivity index (χ1v) is 6.79. The molecule has 8 heteroatoms. The van der Waals surface area contributed by atoms with Gasteiger partial charge in [0, 0.05) is 6.42 Å². The number of carbonyl (C=O) groups excluding carboxylic acids is 2. The van der Waals surface area contributed by atoms with Crippen LogP contribution in [0.4, 0.5) is 0 Å². The van der Waals surface area contributed by atoms with Gasteiger partial charge in [-0.2, -0.15) is 0 Å². The minimum atomic E-state index is -1.22. The van der Waals surface area contributed by atoms with Crippen LogP contribution in [0.25, 0.3) is 0 Å². The van der Waals surface area contributed by atoms with Gasteiger partial charge < -0.3 is 16.2 Å². The second-order valence-electron chi connectivity index (χ2n) is 4.39. The Morgan fingerprint density at radius 2 is 1.90 bits per heavy atom. The van der Waals surface area contributed by atoms with E-state index >= 15 is 0 Å². The van der Waals surface area contributed by atoms with Gasteiger partial charge in [0.1, 0.15) is 6.04 Å². The van der Waals surface area contributed by atoms with Gasteiger partial charge in [0.2, 0.25) is 11.8 Å². The van der Waals surface area contributed by atoms with Crippen molar-refractivity contribution in [2.75, 3.05) is 0 Å². The third-order valence-electron chi connectivity index (χ3n) is 2.66. The maximum absolute atomic E-state index is 11.8. The standard InChI is InChI=1S/C13H14Cl2N2O4/c14-8-2-1-7(5-9(8)15)6-12(19)17-10(13(20)21)3-4-11(16)18/h1-2,5,10H,3-4,6H2,(H2,16,18)(H,17,19)(H,20,21). The smallest absolute Gasteiger partial charge is 0.326 e. The summed E-state index contributed by atoms with van der Waals surface area (Å²) in [6.07, 6.45) is -0.223. The van der Waals surface area contributed by atoms with Crippen LogP contribution < -0.4 is 11.1 Å². The fourth-order valence-corrected chi connectivity index (χ4v) is 1.95. The molecular formula is C13H14Cl2N2O4. The highest BCUT2D eigenvalue weighted by Crippen LogP contribution is 2.22. The van der Waals surface area contributed by atoms with Crippen molar-refractivity contribution in [3.8, 4) is 0 Å². The number of carbonyl (C=O) groups is 3. The van der Waals surface area contributed by atoms with Crippen molar-refractivity contribution in [1.29, 1.82) is 0 Å². The number of nitrogens with two attached hydrogens (primary N) is 1. The summed E-state index contributed by atoms with van der Waals surface area (Å²) >= 11 is 11.6. The molecule has 0 fully saturated rings. The molecule has 1 rings (SSSR count). The number of primary amides is 1. The van der Waals surface area contributed by atoms with E-state index in [4.69, 9.17) is 34.0 Å². The van der Waals surface area contributed by atoms with Gasteiger partial charge in [-0.05, 0) is 24.1 Å². The van der Waals surface area contributed by atoms with Crippen molar-refractivity contribution < 1.29 is 19.5 Å². The number of aliphatic carboxylic acids is 1. The van der Waals surface area contributed by atoms with Crippen molar-refractivity contribution >= 4 is 41.0 Å². The maximum atomic E-state index is 11.8. The molecule has 1 aromatic rings. The van der Waals surface area contributed by atoms with E-state index < -0.39 is 23.8 Å². The molecule has 0 spiro atoms. The molecule has 0 bridgehead atoms. The van der Waals surface area contributed by atoms with Crippen LogP contribution in [0.2, 0.25) is 10.0 Å². The van der Waals surface area contributed by atoms with Crippen molar-refractivity contribution in [3.63, 3.8) is 0 Å². The summed E-state index contributed by atoms with van der Waals surface area (Å²) in [4.78, 5) is 33.5. The number of amides is 2. The number of nitrogens with one attached hydrogen (secondary N) is 1. The summed E-state index contributed by atoms with van der Waals surface area (Å²) in [5.41, 5.74) is 5.55. The zero-order chi connectivity index (χ0) is 16.0. The van der Waals surface area contributed by atoms with Crippen LogP contribution in [0.15, 0.2) is 18.2 Å². The third kappa shape index (κ3) is 6.01. The highest BCUT2D eigenvalue weighted by molar-refractivity contribution is 6.42. The van der Waals surface area contributed by atoms with Gasteiger partial charge in [-0.3, -0.25) is 9.59 Å². The molecule has 0 aromatic heterocycles. The minimum Gasteiger partial charge on any atom is -0.480 e. The van der Waals surface area contributed by atoms with Gasteiger partial charge in [-0.15, -0.1) is 0 Å². The number of hydrogen-bond donors (Lipinski definition) is 3. The average Bonchev–Trinajstić information content (AvgIpc) is 2.38. The molecule has 4 N–H and O–H groups in total. The van der Waals surface area contributed by atoms with E-state index in [-0.39, 0.29) is 19.3 Å². The van der Waals surface area contributed by atoms with E-state index in [2.05, 4.69) is 5.32 Å². The van der Waals surface area contributed by atoms with Crippen LogP contribution in [0, 0.1) is 0 Å². The lowest BCUT2D eigenvalue weighted by Crippen LogP contribution is -2.42. The SMILES string of the molecule is NC(=O)CCC(NC(=O)Cc1ccc(Cl)c(Cl)c1)C(=O)O. The zero-order valence-electron chi connectivity index (χ0n) is 10.9. The fourth-order valence-electron chi connectivity index (χ4n) is 1.62. The van der Waals surface area contributed by atoms with Gasteiger partial charge in [0.05, 0.1) is 16.5 Å². The van der Waals surface area contributed by atoms with Crippen LogP contribution in [0.1, 0.15) is 18.4 Å². The van der Waals surface area contributed by atoms with E-state index in [0.717, 1.165) is 0 Å². The number of benzene rings is 1. The highest BCUT2D eigenvalue weighted by Gasteiger charge is 2.20. The topological polar surface area (TPSA) is 109 Å². The molecule has 21 heavy (non-hydrogen) atoms. The largest absolute Gasteiger partial charge is 0.480 e. The lowest BCUT2D eigenvalue weighted by molar-refractivity contribution is -0.142. The molecule has 1 unspecified atom stereocenters. The number of carboxylic acid groups (broad SMARTS) is 1. The Labute approximate surface area is 131 Å². The number of halogens is 2. The van der Waals surface area contributed by atoms with Gasteiger partial charge in [0.15, 0.2) is 0 Å². The quantitative estimate of drug-likeness (QED) is 0.700. The second-order valence-corrected chi connectivity index (χ2v) is 5.20. The average molecular weight is 333 g/mol. The summed E-state index contributed by atoms with van der Waals surface area (Å²) in [5.74, 6) is -2.34. The van der Waals surface area contributed by atoms with Crippen molar-refractivity contribution in [1.82, 2.24) is 5.32 Å². The van der Waals surface area contributed by atoms with E-state index in [1.807, 2.05) is 0 Å². The first-order chi connectivity index (χ1) is 9.79. The van der Waals surface area contributed by atoms with Gasteiger partial charge in [-0.1, -0.05) is 29.3 Å². The Balaban J connectivity index is 2.62. The van der Waals surface area contributed by atoms with Crippen molar-refractivity contribution in [2.45, 2.75) is 25.3 Å². The molecule has 0 saturated carbocycles. The third-order valence-corrected chi connectivity index (χ3v) is 3.40. The number of carboxylic acids is 1. The maximum Gasteiger partial charge on any atom is 0.326 e. The van der Waals surface area contributed by atoms with Crippen LogP contribution in [0.3, 0.4) is 0 Å². The molecule has 0 aliphatic heterocycles. The Kier molecular flexibility index (Phi) is 6.45. The Bertz CT molecular complexity index is 563. The Hall–Kier alpha value is -1.79. The van der Waals surface area contributed by atoms with Crippen molar-refractivity contribution in [3.05, 3.63) is 33.8 Å². The fraction of sp³-hybridized carbons (Fsp3) is 0.308. The molecule has 0 saturated heterocycles. The molecule has 114 valence electrons. The summed E-state index contributed by atoms with van der Waals surface area (Å²) < 4.78 is 0. The molecule has 1 aromatic carbocycles. The van der Waals surface area contributed by atoms with Crippen LogP contribution in [0.5, 0.6) is 0 Å². The first-order valence-electron chi connectivity index (χ1n) is 6.04. The lowest BCUT2D eigenvalue weighted by Gasteiger charge is -2.13. The first kappa shape index (κ1) is 17.3.